The van der Waals surface area contributed by atoms with E-state index in [1.165, 1.54) is 28.0 Å². The van der Waals surface area contributed by atoms with Crippen LogP contribution < -0.4 is 9.80 Å². The minimum Gasteiger partial charge on any atom is -0.395 e. The second kappa shape index (κ2) is 13.9. The first-order chi connectivity index (χ1) is 25.1. The van der Waals surface area contributed by atoms with Crippen molar-refractivity contribution in [2.75, 3.05) is 23.0 Å². The molecule has 2 N–H and O–H groups in total. The number of carbonyl (C=O) groups is 3. The summed E-state index contributed by atoms with van der Waals surface area (Å²) in [6.45, 7) is 1.94. The highest BCUT2D eigenvalue weighted by atomic mass is 16.6. The molecule has 0 saturated heterocycles. The first-order valence-corrected chi connectivity index (χ1v) is 17.0. The number of carbonyl (C=O) groups excluding carboxylic acids is 3. The number of anilines is 3. The minimum absolute atomic E-state index is 0.0432. The Bertz CT molecular complexity index is 2230. The standard InChI is InChI=1S/C41H36N4O7/c1-27(8-5-15-37(47)42(22-23-46)25-28-9-3-2-4-10-28)41(50)34-24-32(45(51)52)20-21-35(34)43(40(41)49)26-29-16-18-31(19-17-29)44-36-14-7-12-30-11-6-13-33(38(30)36)39(44)48/h2-14,16-21,24,27,46,50H,15,22-23,25-26H2,1H3/b8-5+/t27-,41+/m0/s1. The van der Waals surface area contributed by atoms with Gasteiger partial charge in [-0.2, -0.15) is 0 Å². The number of nitro benzene ring substituents is 1. The fourth-order valence-electron chi connectivity index (χ4n) is 7.17. The van der Waals surface area contributed by atoms with Crippen molar-refractivity contribution in [1.29, 1.82) is 0 Å². The van der Waals surface area contributed by atoms with Gasteiger partial charge in [-0.1, -0.05) is 85.8 Å². The monoisotopic (exact) mass is 696 g/mol. The molecule has 0 aliphatic carbocycles. The summed E-state index contributed by atoms with van der Waals surface area (Å²) in [6, 6.07) is 32.1. The molecule has 11 heteroatoms. The van der Waals surface area contributed by atoms with Gasteiger partial charge in [0.1, 0.15) is 0 Å². The summed E-state index contributed by atoms with van der Waals surface area (Å²) in [5, 5.41) is 35.3. The van der Waals surface area contributed by atoms with Gasteiger partial charge in [0.25, 0.3) is 17.5 Å². The van der Waals surface area contributed by atoms with Gasteiger partial charge in [-0.05, 0) is 46.8 Å². The predicted octanol–water partition coefficient (Wildman–Crippen LogP) is 6.38. The number of hydrogen-bond acceptors (Lipinski definition) is 7. The Kier molecular flexibility index (Phi) is 9.14. The number of amides is 3. The van der Waals surface area contributed by atoms with Crippen LogP contribution in [0.5, 0.6) is 0 Å². The maximum atomic E-state index is 14.2. The summed E-state index contributed by atoms with van der Waals surface area (Å²) in [5.74, 6) is -1.90. The zero-order valence-corrected chi connectivity index (χ0v) is 28.4. The normalized spacial score (nSPS) is 16.9. The van der Waals surface area contributed by atoms with Crippen LogP contribution in [0.3, 0.4) is 0 Å². The molecule has 262 valence electrons. The van der Waals surface area contributed by atoms with Crippen LogP contribution in [0.15, 0.2) is 121 Å². The third-order valence-electron chi connectivity index (χ3n) is 9.87. The van der Waals surface area contributed by atoms with Gasteiger partial charge in [0, 0.05) is 54.2 Å². The molecule has 0 aromatic heterocycles. The van der Waals surface area contributed by atoms with Crippen LogP contribution in [0.2, 0.25) is 0 Å². The molecular formula is C41H36N4O7. The number of non-ortho nitro benzene ring substituents is 1. The number of benzene rings is 5. The SMILES string of the molecule is C[C@@H](/C=C/CC(=O)N(CCO)Cc1ccccc1)[C@]1(O)C(=O)N(Cc2ccc(N3C(=O)c4cccc5cccc3c45)cc2)c2ccc([N+](=O)[O-])cc21. The summed E-state index contributed by atoms with van der Waals surface area (Å²) in [5.41, 5.74) is 1.73. The van der Waals surface area contributed by atoms with Gasteiger partial charge in [-0.15, -0.1) is 0 Å². The van der Waals surface area contributed by atoms with Crippen molar-refractivity contribution in [1.82, 2.24) is 4.90 Å². The van der Waals surface area contributed by atoms with E-state index < -0.39 is 22.3 Å². The Morgan fingerprint density at radius 2 is 1.65 bits per heavy atom. The van der Waals surface area contributed by atoms with Gasteiger partial charge in [0.15, 0.2) is 5.60 Å². The molecule has 2 aliphatic rings. The molecule has 0 spiro atoms. The van der Waals surface area contributed by atoms with Gasteiger partial charge in [-0.3, -0.25) is 29.4 Å². The Morgan fingerprint density at radius 3 is 2.37 bits per heavy atom. The number of nitro groups is 1. The van der Waals surface area contributed by atoms with E-state index in [9.17, 15) is 34.7 Å². The van der Waals surface area contributed by atoms with Crippen molar-refractivity contribution in [3.05, 3.63) is 154 Å². The van der Waals surface area contributed by atoms with E-state index >= 15 is 0 Å². The molecule has 0 unspecified atom stereocenters. The maximum absolute atomic E-state index is 14.2. The number of aliphatic hydroxyl groups excluding tert-OH is 1. The summed E-state index contributed by atoms with van der Waals surface area (Å²) in [4.78, 5) is 56.5. The summed E-state index contributed by atoms with van der Waals surface area (Å²) >= 11 is 0. The summed E-state index contributed by atoms with van der Waals surface area (Å²) in [6.07, 6.45) is 3.10. The molecule has 0 bridgehead atoms. The summed E-state index contributed by atoms with van der Waals surface area (Å²) in [7, 11) is 0. The number of nitrogens with zero attached hydrogens (tertiary/aromatic N) is 4. The van der Waals surface area contributed by atoms with Crippen molar-refractivity contribution in [3.8, 4) is 0 Å². The molecule has 2 heterocycles. The van der Waals surface area contributed by atoms with E-state index in [1.54, 1.807) is 24.0 Å². The largest absolute Gasteiger partial charge is 0.395 e. The van der Waals surface area contributed by atoms with Crippen LogP contribution in [0.4, 0.5) is 22.7 Å². The van der Waals surface area contributed by atoms with E-state index in [4.69, 9.17) is 0 Å². The lowest BCUT2D eigenvalue weighted by molar-refractivity contribution is -0.385. The first-order valence-electron chi connectivity index (χ1n) is 17.0. The van der Waals surface area contributed by atoms with E-state index in [2.05, 4.69) is 0 Å². The predicted molar refractivity (Wildman–Crippen MR) is 197 cm³/mol. The van der Waals surface area contributed by atoms with Gasteiger partial charge in [0.2, 0.25) is 5.91 Å². The number of aliphatic hydroxyl groups is 2. The van der Waals surface area contributed by atoms with Crippen molar-refractivity contribution < 1.29 is 29.5 Å². The molecule has 11 nitrogen and oxygen atoms in total. The highest BCUT2D eigenvalue weighted by Crippen LogP contribution is 2.47. The van der Waals surface area contributed by atoms with Crippen molar-refractivity contribution in [3.63, 3.8) is 0 Å². The first kappa shape index (κ1) is 34.3. The molecule has 52 heavy (non-hydrogen) atoms. The van der Waals surface area contributed by atoms with Gasteiger partial charge in [0.05, 0.1) is 35.0 Å². The lowest BCUT2D eigenvalue weighted by atomic mass is 9.82. The molecule has 2 aliphatic heterocycles. The maximum Gasteiger partial charge on any atom is 0.269 e. The third kappa shape index (κ3) is 5.99. The fraction of sp³-hybridized carbons (Fsp3) is 0.195. The number of rotatable bonds is 12. The van der Waals surface area contributed by atoms with E-state index in [-0.39, 0.29) is 49.2 Å². The van der Waals surface area contributed by atoms with Crippen molar-refractivity contribution >= 4 is 51.2 Å². The Labute approximate surface area is 299 Å². The van der Waals surface area contributed by atoms with Crippen LogP contribution in [-0.2, 0) is 28.3 Å². The van der Waals surface area contributed by atoms with Gasteiger partial charge >= 0.3 is 0 Å². The number of hydrogen-bond donors (Lipinski definition) is 2. The molecular weight excluding hydrogens is 660 g/mol. The highest BCUT2D eigenvalue weighted by molar-refractivity contribution is 6.27. The molecule has 0 saturated carbocycles. The highest BCUT2D eigenvalue weighted by Gasteiger charge is 2.53. The number of fused-ring (bicyclic) bond motifs is 1. The average molecular weight is 697 g/mol. The van der Waals surface area contributed by atoms with Crippen molar-refractivity contribution in [2.45, 2.75) is 32.0 Å². The van der Waals surface area contributed by atoms with Crippen LogP contribution in [0.25, 0.3) is 10.8 Å². The topological polar surface area (TPSA) is 145 Å². The van der Waals surface area contributed by atoms with E-state index in [0.29, 0.717) is 29.0 Å². The average Bonchev–Trinajstić information content (AvgIpc) is 3.56. The smallest absolute Gasteiger partial charge is 0.269 e. The zero-order chi connectivity index (χ0) is 36.6. The quantitative estimate of drug-likeness (QED) is 0.0876. The van der Waals surface area contributed by atoms with Crippen LogP contribution in [0, 0.1) is 16.0 Å². The molecule has 5 aromatic carbocycles. The lowest BCUT2D eigenvalue weighted by Gasteiger charge is -2.28. The van der Waals surface area contributed by atoms with Crippen LogP contribution in [0.1, 0.15) is 40.4 Å². The molecule has 3 amide bonds. The summed E-state index contributed by atoms with van der Waals surface area (Å²) < 4.78 is 0. The molecule has 5 aromatic rings. The van der Waals surface area contributed by atoms with Gasteiger partial charge < -0.3 is 20.0 Å². The Morgan fingerprint density at radius 1 is 0.923 bits per heavy atom. The molecule has 7 rings (SSSR count). The third-order valence-corrected chi connectivity index (χ3v) is 9.87. The van der Waals surface area contributed by atoms with Crippen LogP contribution in [-0.4, -0.2) is 50.9 Å². The molecule has 0 fully saturated rings. The fourth-order valence-corrected chi connectivity index (χ4v) is 7.17. The zero-order valence-electron chi connectivity index (χ0n) is 28.4. The van der Waals surface area contributed by atoms with E-state index in [1.807, 2.05) is 91.0 Å². The van der Waals surface area contributed by atoms with Crippen LogP contribution >= 0.6 is 0 Å². The minimum atomic E-state index is -2.15. The Balaban J connectivity index is 1.12. The molecule has 2 atom stereocenters. The molecule has 0 radical (unpaired) electrons. The second-order valence-electron chi connectivity index (χ2n) is 13.0. The van der Waals surface area contributed by atoms with Crippen molar-refractivity contribution in [2.24, 2.45) is 5.92 Å². The van der Waals surface area contributed by atoms with E-state index in [0.717, 1.165) is 22.0 Å². The Hall–Kier alpha value is -6.17. The second-order valence-corrected chi connectivity index (χ2v) is 13.0. The lowest BCUT2D eigenvalue weighted by Crippen LogP contribution is -2.44. The van der Waals surface area contributed by atoms with Gasteiger partial charge in [-0.25, -0.2) is 0 Å².